The van der Waals surface area contributed by atoms with Gasteiger partial charge in [-0.2, -0.15) is 0 Å². The zero-order valence-electron chi connectivity index (χ0n) is 9.41. The van der Waals surface area contributed by atoms with Gasteiger partial charge in [-0.25, -0.2) is 8.42 Å². The third kappa shape index (κ3) is 3.35. The van der Waals surface area contributed by atoms with Crippen molar-refractivity contribution in [2.75, 3.05) is 11.6 Å². The lowest BCUT2D eigenvalue weighted by molar-refractivity contribution is -0.121. The Morgan fingerprint density at radius 1 is 1.50 bits per heavy atom. The Morgan fingerprint density at radius 3 is 2.69 bits per heavy atom. The standard InChI is InChI=1S/C10H18ClNO3S/c1-2-8(7-11)12-10(13)9-5-3-4-6-16(9,14)15/h8-9H,2-7H2,1H3,(H,12,13). The summed E-state index contributed by atoms with van der Waals surface area (Å²) in [7, 11) is -3.24. The number of rotatable bonds is 4. The zero-order chi connectivity index (χ0) is 12.2. The van der Waals surface area contributed by atoms with Crippen molar-refractivity contribution in [2.45, 2.75) is 43.9 Å². The third-order valence-corrected chi connectivity index (χ3v) is 5.44. The van der Waals surface area contributed by atoms with Gasteiger partial charge in [0.05, 0.1) is 5.75 Å². The second kappa shape index (κ2) is 5.87. The maximum atomic E-state index is 11.8. The van der Waals surface area contributed by atoms with Crippen LogP contribution in [-0.4, -0.2) is 37.2 Å². The van der Waals surface area contributed by atoms with Crippen molar-refractivity contribution in [3.63, 3.8) is 0 Å². The minimum Gasteiger partial charge on any atom is -0.351 e. The summed E-state index contributed by atoms with van der Waals surface area (Å²) in [6.45, 7) is 1.91. The SMILES string of the molecule is CCC(CCl)NC(=O)C1CCCCS1(=O)=O. The number of alkyl halides is 1. The Bertz CT molecular complexity index is 338. The topological polar surface area (TPSA) is 63.2 Å². The molecule has 0 aromatic heterocycles. The minimum atomic E-state index is -3.24. The minimum absolute atomic E-state index is 0.128. The normalized spacial score (nSPS) is 26.0. The van der Waals surface area contributed by atoms with Crippen LogP contribution in [-0.2, 0) is 14.6 Å². The molecule has 0 radical (unpaired) electrons. The van der Waals surface area contributed by atoms with E-state index in [9.17, 15) is 13.2 Å². The fourth-order valence-electron chi connectivity index (χ4n) is 1.79. The molecule has 1 saturated heterocycles. The molecule has 16 heavy (non-hydrogen) atoms. The molecule has 1 heterocycles. The van der Waals surface area contributed by atoms with E-state index in [1.54, 1.807) is 0 Å². The second-order valence-electron chi connectivity index (χ2n) is 4.12. The highest BCUT2D eigenvalue weighted by atomic mass is 35.5. The van der Waals surface area contributed by atoms with E-state index in [0.717, 1.165) is 6.42 Å². The highest BCUT2D eigenvalue weighted by Crippen LogP contribution is 2.19. The maximum Gasteiger partial charge on any atom is 0.238 e. The predicted molar refractivity (Wildman–Crippen MR) is 64.4 cm³/mol. The van der Waals surface area contributed by atoms with Gasteiger partial charge in [0, 0.05) is 11.9 Å². The molecule has 4 nitrogen and oxygen atoms in total. The van der Waals surface area contributed by atoms with E-state index in [2.05, 4.69) is 5.32 Å². The summed E-state index contributed by atoms with van der Waals surface area (Å²) in [6, 6.07) is -0.133. The summed E-state index contributed by atoms with van der Waals surface area (Å²) in [5.74, 6) is 0.0600. The van der Waals surface area contributed by atoms with E-state index < -0.39 is 15.1 Å². The van der Waals surface area contributed by atoms with Crippen LogP contribution in [0.1, 0.15) is 32.6 Å². The molecule has 1 aliphatic rings. The van der Waals surface area contributed by atoms with E-state index in [1.807, 2.05) is 6.92 Å². The molecule has 0 spiro atoms. The number of carbonyl (C=O) groups is 1. The van der Waals surface area contributed by atoms with Crippen molar-refractivity contribution >= 4 is 27.3 Å². The molecular weight excluding hydrogens is 250 g/mol. The number of amides is 1. The van der Waals surface area contributed by atoms with Crippen LogP contribution in [0.15, 0.2) is 0 Å². The van der Waals surface area contributed by atoms with Crippen molar-refractivity contribution in [2.24, 2.45) is 0 Å². The number of hydrogen-bond donors (Lipinski definition) is 1. The quantitative estimate of drug-likeness (QED) is 0.776. The highest BCUT2D eigenvalue weighted by Gasteiger charge is 2.35. The molecule has 0 bridgehead atoms. The van der Waals surface area contributed by atoms with Crippen molar-refractivity contribution in [3.8, 4) is 0 Å². The maximum absolute atomic E-state index is 11.8. The first-order chi connectivity index (χ1) is 7.51. The first kappa shape index (κ1) is 13.8. The summed E-state index contributed by atoms with van der Waals surface area (Å²) in [6.07, 6.45) is 2.61. The Labute approximate surface area is 102 Å². The fourth-order valence-corrected chi connectivity index (χ4v) is 3.90. The van der Waals surface area contributed by atoms with Crippen LogP contribution in [0, 0.1) is 0 Å². The van der Waals surface area contributed by atoms with Crippen molar-refractivity contribution in [1.82, 2.24) is 5.32 Å². The van der Waals surface area contributed by atoms with Gasteiger partial charge >= 0.3 is 0 Å². The van der Waals surface area contributed by atoms with Gasteiger partial charge in [0.25, 0.3) is 0 Å². The lowest BCUT2D eigenvalue weighted by Crippen LogP contribution is -2.47. The van der Waals surface area contributed by atoms with Gasteiger partial charge in [0.2, 0.25) is 5.91 Å². The predicted octanol–water partition coefficient (Wildman–Crippen LogP) is 1.09. The molecule has 0 saturated carbocycles. The monoisotopic (exact) mass is 267 g/mol. The Morgan fingerprint density at radius 2 is 2.19 bits per heavy atom. The first-order valence-corrected chi connectivity index (χ1v) is 7.84. The smallest absolute Gasteiger partial charge is 0.238 e. The molecule has 1 aliphatic heterocycles. The number of sulfone groups is 1. The third-order valence-electron chi connectivity index (χ3n) is 2.90. The lowest BCUT2D eigenvalue weighted by atomic mass is 10.1. The molecule has 2 unspecified atom stereocenters. The van der Waals surface area contributed by atoms with Gasteiger partial charge in [0.15, 0.2) is 9.84 Å². The molecule has 2 atom stereocenters. The van der Waals surface area contributed by atoms with Crippen LogP contribution in [0.5, 0.6) is 0 Å². The van der Waals surface area contributed by atoms with E-state index in [4.69, 9.17) is 11.6 Å². The number of carbonyl (C=O) groups excluding carboxylic acids is 1. The van der Waals surface area contributed by atoms with Crippen LogP contribution in [0.4, 0.5) is 0 Å². The van der Waals surface area contributed by atoms with Crippen LogP contribution in [0.2, 0.25) is 0 Å². The second-order valence-corrected chi connectivity index (χ2v) is 6.73. The van der Waals surface area contributed by atoms with Crippen molar-refractivity contribution in [3.05, 3.63) is 0 Å². The molecule has 1 N–H and O–H groups in total. The molecule has 94 valence electrons. The average molecular weight is 268 g/mol. The summed E-state index contributed by atoms with van der Waals surface area (Å²) < 4.78 is 23.4. The van der Waals surface area contributed by atoms with Crippen LogP contribution in [0.25, 0.3) is 0 Å². The van der Waals surface area contributed by atoms with Gasteiger partial charge < -0.3 is 5.32 Å². The van der Waals surface area contributed by atoms with Crippen LogP contribution >= 0.6 is 11.6 Å². The number of hydrogen-bond acceptors (Lipinski definition) is 3. The summed E-state index contributed by atoms with van der Waals surface area (Å²) in [5.41, 5.74) is 0. The molecule has 1 rings (SSSR count). The van der Waals surface area contributed by atoms with E-state index in [-0.39, 0.29) is 17.7 Å². The Balaban J connectivity index is 2.65. The number of nitrogens with one attached hydrogen (secondary N) is 1. The summed E-state index contributed by atoms with van der Waals surface area (Å²) in [5, 5.41) is 1.83. The molecule has 0 aromatic carbocycles. The van der Waals surface area contributed by atoms with Gasteiger partial charge in [-0.3, -0.25) is 4.79 Å². The van der Waals surface area contributed by atoms with Crippen LogP contribution in [0.3, 0.4) is 0 Å². The highest BCUT2D eigenvalue weighted by molar-refractivity contribution is 7.92. The largest absolute Gasteiger partial charge is 0.351 e. The first-order valence-electron chi connectivity index (χ1n) is 5.59. The van der Waals surface area contributed by atoms with E-state index in [1.165, 1.54) is 0 Å². The van der Waals surface area contributed by atoms with Gasteiger partial charge in [-0.1, -0.05) is 13.3 Å². The fraction of sp³-hybridized carbons (Fsp3) is 0.900. The molecule has 1 amide bonds. The van der Waals surface area contributed by atoms with Gasteiger partial charge in [-0.05, 0) is 19.3 Å². The summed E-state index contributed by atoms with van der Waals surface area (Å²) in [4.78, 5) is 11.8. The molecule has 0 aliphatic carbocycles. The summed E-state index contributed by atoms with van der Waals surface area (Å²) >= 11 is 5.66. The molecule has 0 aromatic rings. The average Bonchev–Trinajstić information content (AvgIpc) is 2.24. The van der Waals surface area contributed by atoms with Gasteiger partial charge in [-0.15, -0.1) is 11.6 Å². The Kier molecular flexibility index (Phi) is 5.05. The molecule has 6 heteroatoms. The van der Waals surface area contributed by atoms with Crippen molar-refractivity contribution in [1.29, 1.82) is 0 Å². The number of halogens is 1. The van der Waals surface area contributed by atoms with Crippen molar-refractivity contribution < 1.29 is 13.2 Å². The molecule has 1 fully saturated rings. The van der Waals surface area contributed by atoms with Crippen LogP contribution < -0.4 is 5.32 Å². The molecular formula is C10H18ClNO3S. The van der Waals surface area contributed by atoms with E-state index >= 15 is 0 Å². The van der Waals surface area contributed by atoms with E-state index in [0.29, 0.717) is 25.1 Å². The van der Waals surface area contributed by atoms with Gasteiger partial charge in [0.1, 0.15) is 5.25 Å². The zero-order valence-corrected chi connectivity index (χ0v) is 11.0. The lowest BCUT2D eigenvalue weighted by Gasteiger charge is -2.23. The Hall–Kier alpha value is -0.290.